The molecular formula is C16H16ClFN2O. The molecule has 0 aliphatic carbocycles. The zero-order chi connectivity index (χ0) is 15.2. The molecule has 0 spiro atoms. The largest absolute Gasteiger partial charge is 0.323 e. The first-order valence-corrected chi connectivity index (χ1v) is 6.99. The van der Waals surface area contributed by atoms with E-state index in [-0.39, 0.29) is 10.9 Å². The van der Waals surface area contributed by atoms with Gasteiger partial charge in [-0.25, -0.2) is 4.39 Å². The molecule has 1 unspecified atom stereocenters. The lowest BCUT2D eigenvalue weighted by atomic mass is 10.1. The number of nitrogens with one attached hydrogen (secondary N) is 1. The van der Waals surface area contributed by atoms with Crippen molar-refractivity contribution in [3.8, 4) is 0 Å². The number of nitrogens with two attached hydrogens (primary N) is 1. The van der Waals surface area contributed by atoms with Crippen LogP contribution in [0.2, 0.25) is 5.02 Å². The van der Waals surface area contributed by atoms with Crippen molar-refractivity contribution in [3.05, 3.63) is 64.9 Å². The fraction of sp³-hybridized carbons (Fsp3) is 0.188. The van der Waals surface area contributed by atoms with Gasteiger partial charge < -0.3 is 11.1 Å². The van der Waals surface area contributed by atoms with Crippen molar-refractivity contribution in [2.75, 3.05) is 5.32 Å². The Balaban J connectivity index is 1.90. The Morgan fingerprint density at radius 3 is 2.62 bits per heavy atom. The molecule has 3 nitrogen and oxygen atoms in total. The number of rotatable bonds is 5. The number of hydrogen-bond acceptors (Lipinski definition) is 2. The smallest absolute Gasteiger partial charge is 0.241 e. The van der Waals surface area contributed by atoms with Crippen molar-refractivity contribution in [2.24, 2.45) is 5.73 Å². The Morgan fingerprint density at radius 2 is 1.95 bits per heavy atom. The predicted molar refractivity (Wildman–Crippen MR) is 82.8 cm³/mol. The molecule has 0 heterocycles. The molecule has 0 bridgehead atoms. The average molecular weight is 307 g/mol. The third-order valence-electron chi connectivity index (χ3n) is 3.11. The molecule has 21 heavy (non-hydrogen) atoms. The summed E-state index contributed by atoms with van der Waals surface area (Å²) in [4.78, 5) is 12.0. The third-order valence-corrected chi connectivity index (χ3v) is 3.43. The van der Waals surface area contributed by atoms with Crippen LogP contribution in [0.5, 0.6) is 0 Å². The molecule has 1 amide bonds. The van der Waals surface area contributed by atoms with Crippen LogP contribution < -0.4 is 11.1 Å². The zero-order valence-corrected chi connectivity index (χ0v) is 12.1. The fourth-order valence-corrected chi connectivity index (χ4v) is 2.13. The van der Waals surface area contributed by atoms with Gasteiger partial charge in [-0.1, -0.05) is 41.9 Å². The zero-order valence-electron chi connectivity index (χ0n) is 11.4. The molecular weight excluding hydrogens is 291 g/mol. The van der Waals surface area contributed by atoms with E-state index in [2.05, 4.69) is 5.32 Å². The van der Waals surface area contributed by atoms with Crippen LogP contribution >= 0.6 is 11.6 Å². The maximum atomic E-state index is 12.9. The first kappa shape index (κ1) is 15.5. The van der Waals surface area contributed by atoms with Gasteiger partial charge in [-0.05, 0) is 36.6 Å². The summed E-state index contributed by atoms with van der Waals surface area (Å²) in [6.07, 6.45) is 1.24. The topological polar surface area (TPSA) is 55.1 Å². The predicted octanol–water partition coefficient (Wildman–Crippen LogP) is 3.38. The van der Waals surface area contributed by atoms with Crippen LogP contribution in [0.25, 0.3) is 0 Å². The number of anilines is 1. The second kappa shape index (κ2) is 7.20. The van der Waals surface area contributed by atoms with Crippen LogP contribution in [0.4, 0.5) is 10.1 Å². The second-order valence-electron chi connectivity index (χ2n) is 4.74. The lowest BCUT2D eigenvalue weighted by Gasteiger charge is -2.13. The summed E-state index contributed by atoms with van der Waals surface area (Å²) in [5, 5.41) is 2.76. The SMILES string of the molecule is NC(CCc1ccccc1)C(=O)Nc1ccc(F)cc1Cl. The molecule has 0 saturated carbocycles. The van der Waals surface area contributed by atoms with Crippen molar-refractivity contribution in [2.45, 2.75) is 18.9 Å². The molecule has 2 rings (SSSR count). The minimum atomic E-state index is -0.647. The van der Waals surface area contributed by atoms with Crippen LogP contribution in [0, 0.1) is 5.82 Å². The van der Waals surface area contributed by atoms with E-state index in [0.717, 1.165) is 11.6 Å². The van der Waals surface area contributed by atoms with E-state index in [4.69, 9.17) is 17.3 Å². The minimum absolute atomic E-state index is 0.151. The maximum absolute atomic E-state index is 12.9. The summed E-state index contributed by atoms with van der Waals surface area (Å²) < 4.78 is 12.9. The van der Waals surface area contributed by atoms with Gasteiger partial charge in [0.15, 0.2) is 0 Å². The van der Waals surface area contributed by atoms with Gasteiger partial charge >= 0.3 is 0 Å². The Hall–Kier alpha value is -1.91. The quantitative estimate of drug-likeness (QED) is 0.890. The van der Waals surface area contributed by atoms with Crippen molar-refractivity contribution in [1.82, 2.24) is 0 Å². The second-order valence-corrected chi connectivity index (χ2v) is 5.15. The normalized spacial score (nSPS) is 12.0. The van der Waals surface area contributed by atoms with Crippen LogP contribution in [-0.4, -0.2) is 11.9 Å². The number of carbonyl (C=O) groups excluding carboxylic acids is 1. The molecule has 0 aliphatic heterocycles. The van der Waals surface area contributed by atoms with Gasteiger partial charge in [-0.15, -0.1) is 0 Å². The van der Waals surface area contributed by atoms with Crippen molar-refractivity contribution in [3.63, 3.8) is 0 Å². The van der Waals surface area contributed by atoms with Gasteiger partial charge in [0, 0.05) is 0 Å². The summed E-state index contributed by atoms with van der Waals surface area (Å²) in [6, 6.07) is 12.9. The molecule has 0 aliphatic rings. The Bertz CT molecular complexity index is 619. The van der Waals surface area contributed by atoms with Crippen molar-refractivity contribution < 1.29 is 9.18 Å². The summed E-state index contributed by atoms with van der Waals surface area (Å²) >= 11 is 5.86. The number of hydrogen-bond donors (Lipinski definition) is 2. The number of aryl methyl sites for hydroxylation is 1. The molecule has 0 aromatic heterocycles. The molecule has 1 atom stereocenters. The molecule has 0 radical (unpaired) electrons. The highest BCUT2D eigenvalue weighted by atomic mass is 35.5. The summed E-state index contributed by atoms with van der Waals surface area (Å²) in [7, 11) is 0. The molecule has 3 N–H and O–H groups in total. The standard InChI is InChI=1S/C16H16ClFN2O/c17-13-10-12(18)7-9-15(13)20-16(21)14(19)8-6-11-4-2-1-3-5-11/h1-5,7,9-10,14H,6,8,19H2,(H,20,21). The van der Waals surface area contributed by atoms with Crippen LogP contribution in [0.15, 0.2) is 48.5 Å². The van der Waals surface area contributed by atoms with E-state index < -0.39 is 11.9 Å². The highest BCUT2D eigenvalue weighted by Crippen LogP contribution is 2.22. The molecule has 0 saturated heterocycles. The Labute approximate surface area is 127 Å². The van der Waals surface area contributed by atoms with Gasteiger partial charge in [0.25, 0.3) is 0 Å². The van der Waals surface area contributed by atoms with E-state index in [1.54, 1.807) is 0 Å². The summed E-state index contributed by atoms with van der Waals surface area (Å²) in [5.41, 5.74) is 7.35. The van der Waals surface area contributed by atoms with E-state index in [9.17, 15) is 9.18 Å². The fourth-order valence-electron chi connectivity index (χ4n) is 1.91. The maximum Gasteiger partial charge on any atom is 0.241 e. The van der Waals surface area contributed by atoms with Gasteiger partial charge in [0.05, 0.1) is 16.8 Å². The highest BCUT2D eigenvalue weighted by Gasteiger charge is 2.15. The Kier molecular flexibility index (Phi) is 5.31. The van der Waals surface area contributed by atoms with E-state index >= 15 is 0 Å². The van der Waals surface area contributed by atoms with Gasteiger partial charge in [0.1, 0.15) is 5.82 Å². The van der Waals surface area contributed by atoms with Gasteiger partial charge in [-0.3, -0.25) is 4.79 Å². The average Bonchev–Trinajstić information content (AvgIpc) is 2.48. The summed E-state index contributed by atoms with van der Waals surface area (Å²) in [5.74, 6) is -0.786. The molecule has 110 valence electrons. The summed E-state index contributed by atoms with van der Waals surface area (Å²) in [6.45, 7) is 0. The first-order chi connectivity index (χ1) is 10.1. The molecule has 2 aromatic carbocycles. The van der Waals surface area contributed by atoms with Crippen molar-refractivity contribution >= 4 is 23.2 Å². The van der Waals surface area contributed by atoms with Crippen LogP contribution in [0.1, 0.15) is 12.0 Å². The monoisotopic (exact) mass is 306 g/mol. The number of amides is 1. The van der Waals surface area contributed by atoms with E-state index in [0.29, 0.717) is 18.5 Å². The Morgan fingerprint density at radius 1 is 1.24 bits per heavy atom. The molecule has 0 fully saturated rings. The number of carbonyl (C=O) groups is 1. The highest BCUT2D eigenvalue weighted by molar-refractivity contribution is 6.33. The van der Waals surface area contributed by atoms with Gasteiger partial charge in [-0.2, -0.15) is 0 Å². The van der Waals surface area contributed by atoms with Gasteiger partial charge in [0.2, 0.25) is 5.91 Å². The van der Waals surface area contributed by atoms with E-state index in [1.807, 2.05) is 30.3 Å². The lowest BCUT2D eigenvalue weighted by molar-refractivity contribution is -0.117. The number of halogens is 2. The van der Waals surface area contributed by atoms with Crippen LogP contribution in [0.3, 0.4) is 0 Å². The lowest BCUT2D eigenvalue weighted by Crippen LogP contribution is -2.36. The van der Waals surface area contributed by atoms with Crippen LogP contribution in [-0.2, 0) is 11.2 Å². The number of benzene rings is 2. The van der Waals surface area contributed by atoms with E-state index in [1.165, 1.54) is 12.1 Å². The molecule has 2 aromatic rings. The minimum Gasteiger partial charge on any atom is -0.323 e. The van der Waals surface area contributed by atoms with Crippen molar-refractivity contribution in [1.29, 1.82) is 0 Å². The third kappa shape index (κ3) is 4.55. The molecule has 5 heteroatoms. The first-order valence-electron chi connectivity index (χ1n) is 6.61.